The van der Waals surface area contributed by atoms with Gasteiger partial charge in [0.2, 0.25) is 11.9 Å². The van der Waals surface area contributed by atoms with Crippen molar-refractivity contribution in [1.82, 2.24) is 9.55 Å². The molecule has 0 spiro atoms. The van der Waals surface area contributed by atoms with E-state index >= 15 is 0 Å². The van der Waals surface area contributed by atoms with Crippen molar-refractivity contribution in [2.24, 2.45) is 5.92 Å². The third-order valence-electron chi connectivity index (χ3n) is 4.04. The fraction of sp³-hybridized carbons (Fsp3) is 0.118. The van der Waals surface area contributed by atoms with Gasteiger partial charge in [-0.05, 0) is 29.8 Å². The van der Waals surface area contributed by atoms with E-state index in [9.17, 15) is 14.4 Å². The van der Waals surface area contributed by atoms with Crippen LogP contribution >= 0.6 is 0 Å². The number of para-hydroxylation sites is 2. The topological polar surface area (TPSA) is 70.7 Å². The zero-order chi connectivity index (χ0) is 16.0. The molecule has 2 heterocycles. The van der Waals surface area contributed by atoms with Crippen molar-refractivity contribution in [2.45, 2.75) is 6.04 Å². The summed E-state index contributed by atoms with van der Waals surface area (Å²) in [6.45, 7) is 0. The molecule has 6 heteroatoms. The number of amides is 1. The highest BCUT2D eigenvalue weighted by Crippen LogP contribution is 2.37. The minimum Gasteiger partial charge on any atom is -0.300 e. The smallest absolute Gasteiger partial charge is 0.246 e. The molecule has 23 heavy (non-hydrogen) atoms. The Morgan fingerprint density at radius 3 is 2.83 bits per heavy atom. The van der Waals surface area contributed by atoms with Crippen LogP contribution in [0.3, 0.4) is 0 Å². The van der Waals surface area contributed by atoms with Gasteiger partial charge in [-0.1, -0.05) is 24.3 Å². The quantitative estimate of drug-likeness (QED) is 0.751. The number of nitrogens with one attached hydrogen (secondary N) is 1. The summed E-state index contributed by atoms with van der Waals surface area (Å²) in [6.07, 6.45) is 0. The molecule has 1 aromatic heterocycles. The first kappa shape index (κ1) is 13.5. The van der Waals surface area contributed by atoms with E-state index in [0.717, 1.165) is 5.52 Å². The predicted octanol–water partition coefficient (Wildman–Crippen LogP) is 2.86. The monoisotopic (exact) mass is 306 g/mol. The molecular formula is C17H11FN4O. The van der Waals surface area contributed by atoms with Gasteiger partial charge < -0.3 is 4.57 Å². The van der Waals surface area contributed by atoms with Gasteiger partial charge in [-0.2, -0.15) is 5.26 Å². The van der Waals surface area contributed by atoms with E-state index in [1.54, 1.807) is 16.7 Å². The van der Waals surface area contributed by atoms with Crippen molar-refractivity contribution in [1.29, 1.82) is 5.26 Å². The molecule has 0 aliphatic carbocycles. The van der Waals surface area contributed by atoms with E-state index in [1.165, 1.54) is 12.1 Å². The van der Waals surface area contributed by atoms with Crippen molar-refractivity contribution in [3.8, 4) is 6.07 Å². The maximum Gasteiger partial charge on any atom is 0.246 e. The van der Waals surface area contributed by atoms with Crippen LogP contribution in [0.15, 0.2) is 48.5 Å². The molecule has 1 amide bonds. The number of fused-ring (bicyclic) bond motifs is 3. The molecule has 0 bridgehead atoms. The first-order valence-electron chi connectivity index (χ1n) is 7.12. The second kappa shape index (κ2) is 4.92. The first-order valence-corrected chi connectivity index (χ1v) is 7.12. The lowest BCUT2D eigenvalue weighted by Gasteiger charge is -2.29. The lowest BCUT2D eigenvalue weighted by molar-refractivity contribution is -0.119. The molecule has 5 nitrogen and oxygen atoms in total. The number of anilines is 1. The number of imidazole rings is 1. The molecule has 1 aliphatic rings. The average molecular weight is 306 g/mol. The molecule has 2 atom stereocenters. The Morgan fingerprint density at radius 1 is 1.22 bits per heavy atom. The van der Waals surface area contributed by atoms with Crippen LogP contribution in [0.2, 0.25) is 0 Å². The fourth-order valence-corrected chi connectivity index (χ4v) is 3.06. The Hall–Kier alpha value is -3.20. The SMILES string of the molecule is N#C[C@H]1C(=O)Nc2nc3ccccc3n2[C@@H]1c1cccc(F)c1. The molecule has 0 saturated heterocycles. The Morgan fingerprint density at radius 2 is 2.04 bits per heavy atom. The summed E-state index contributed by atoms with van der Waals surface area (Å²) >= 11 is 0. The summed E-state index contributed by atoms with van der Waals surface area (Å²) in [5.41, 5.74) is 2.07. The summed E-state index contributed by atoms with van der Waals surface area (Å²) in [7, 11) is 0. The molecule has 1 N–H and O–H groups in total. The van der Waals surface area contributed by atoms with E-state index in [2.05, 4.69) is 10.3 Å². The summed E-state index contributed by atoms with van der Waals surface area (Å²) < 4.78 is 15.4. The third-order valence-corrected chi connectivity index (χ3v) is 4.04. The Labute approximate surface area is 131 Å². The maximum absolute atomic E-state index is 13.7. The Kier molecular flexibility index (Phi) is 2.88. The molecule has 1 aliphatic heterocycles. The van der Waals surface area contributed by atoms with Crippen LogP contribution in [0.5, 0.6) is 0 Å². The number of nitrogens with zero attached hydrogens (tertiary/aromatic N) is 3. The van der Waals surface area contributed by atoms with Crippen molar-refractivity contribution >= 4 is 22.9 Å². The standard InChI is InChI=1S/C17H11FN4O/c18-11-5-3-4-10(8-11)15-12(9-19)16(23)21-17-20-13-6-1-2-7-14(13)22(15)17/h1-8,12,15H,(H,20,21,23)/t12-,15-/m1/s1. The van der Waals surface area contributed by atoms with Crippen LogP contribution in [0.1, 0.15) is 11.6 Å². The normalized spacial score (nSPS) is 19.9. The first-order chi connectivity index (χ1) is 11.2. The minimum atomic E-state index is -0.957. The summed E-state index contributed by atoms with van der Waals surface area (Å²) in [4.78, 5) is 16.7. The Bertz CT molecular complexity index is 972. The van der Waals surface area contributed by atoms with Crippen LogP contribution in [-0.4, -0.2) is 15.5 Å². The minimum absolute atomic E-state index is 0.372. The van der Waals surface area contributed by atoms with Crippen molar-refractivity contribution in [3.63, 3.8) is 0 Å². The lowest BCUT2D eigenvalue weighted by atomic mass is 9.91. The number of carbonyl (C=O) groups excluding carboxylic acids is 1. The maximum atomic E-state index is 13.7. The average Bonchev–Trinajstić information content (AvgIpc) is 2.91. The van der Waals surface area contributed by atoms with Crippen molar-refractivity contribution in [2.75, 3.05) is 5.32 Å². The van der Waals surface area contributed by atoms with Gasteiger partial charge in [0.1, 0.15) is 5.82 Å². The molecular weight excluding hydrogens is 295 g/mol. The molecule has 2 aromatic carbocycles. The highest BCUT2D eigenvalue weighted by Gasteiger charge is 2.38. The number of hydrogen-bond donors (Lipinski definition) is 1. The van der Waals surface area contributed by atoms with Gasteiger partial charge in [0.25, 0.3) is 0 Å². The van der Waals surface area contributed by atoms with Crippen LogP contribution < -0.4 is 5.32 Å². The van der Waals surface area contributed by atoms with E-state index < -0.39 is 23.7 Å². The molecule has 0 unspecified atom stereocenters. The Balaban J connectivity index is 2.02. The number of carbonyl (C=O) groups is 1. The second-order valence-corrected chi connectivity index (χ2v) is 5.39. The number of nitriles is 1. The number of halogens is 1. The number of hydrogen-bond acceptors (Lipinski definition) is 3. The van der Waals surface area contributed by atoms with Crippen LogP contribution in [0.25, 0.3) is 11.0 Å². The summed E-state index contributed by atoms with van der Waals surface area (Å²) in [5.74, 6) is -1.42. The fourth-order valence-electron chi connectivity index (χ4n) is 3.06. The van der Waals surface area contributed by atoms with Gasteiger partial charge in [-0.15, -0.1) is 0 Å². The van der Waals surface area contributed by atoms with Gasteiger partial charge in [0, 0.05) is 0 Å². The van der Waals surface area contributed by atoms with E-state index in [-0.39, 0.29) is 0 Å². The number of rotatable bonds is 1. The van der Waals surface area contributed by atoms with Crippen LogP contribution in [-0.2, 0) is 4.79 Å². The highest BCUT2D eigenvalue weighted by atomic mass is 19.1. The summed E-state index contributed by atoms with van der Waals surface area (Å²) in [5, 5.41) is 12.1. The van der Waals surface area contributed by atoms with Crippen molar-refractivity contribution < 1.29 is 9.18 Å². The van der Waals surface area contributed by atoms with Gasteiger partial charge in [-0.3, -0.25) is 10.1 Å². The molecule has 112 valence electrons. The number of aromatic nitrogens is 2. The highest BCUT2D eigenvalue weighted by molar-refractivity contribution is 5.97. The van der Waals surface area contributed by atoms with Crippen LogP contribution in [0.4, 0.5) is 10.3 Å². The van der Waals surface area contributed by atoms with Crippen molar-refractivity contribution in [3.05, 3.63) is 59.9 Å². The molecule has 3 aromatic rings. The third kappa shape index (κ3) is 1.98. The molecule has 4 rings (SSSR count). The lowest BCUT2D eigenvalue weighted by Crippen LogP contribution is -2.37. The molecule has 0 fully saturated rings. The van der Waals surface area contributed by atoms with E-state index in [1.807, 2.05) is 30.3 Å². The van der Waals surface area contributed by atoms with Gasteiger partial charge in [0.05, 0.1) is 23.1 Å². The molecule has 0 saturated carbocycles. The van der Waals surface area contributed by atoms with Crippen LogP contribution in [0, 0.1) is 23.1 Å². The zero-order valence-corrected chi connectivity index (χ0v) is 11.9. The van der Waals surface area contributed by atoms with Gasteiger partial charge >= 0.3 is 0 Å². The predicted molar refractivity (Wildman–Crippen MR) is 82.0 cm³/mol. The van der Waals surface area contributed by atoms with Gasteiger partial charge in [-0.25, -0.2) is 9.37 Å². The summed E-state index contributed by atoms with van der Waals surface area (Å²) in [6, 6.07) is 14.8. The number of benzene rings is 2. The molecule has 0 radical (unpaired) electrons. The second-order valence-electron chi connectivity index (χ2n) is 5.39. The zero-order valence-electron chi connectivity index (χ0n) is 11.9. The van der Waals surface area contributed by atoms with E-state index in [0.29, 0.717) is 17.0 Å². The van der Waals surface area contributed by atoms with Gasteiger partial charge in [0.15, 0.2) is 5.92 Å². The largest absolute Gasteiger partial charge is 0.300 e. The van der Waals surface area contributed by atoms with E-state index in [4.69, 9.17) is 0 Å².